The van der Waals surface area contributed by atoms with Gasteiger partial charge < -0.3 is 20.3 Å². The second-order valence-electron chi connectivity index (χ2n) is 8.95. The Bertz CT molecular complexity index is 1090. The summed E-state index contributed by atoms with van der Waals surface area (Å²) < 4.78 is 32.7. The molecule has 0 spiro atoms. The van der Waals surface area contributed by atoms with Crippen molar-refractivity contribution in [2.24, 2.45) is 11.1 Å². The summed E-state index contributed by atoms with van der Waals surface area (Å²) in [7, 11) is 0. The maximum Gasteiger partial charge on any atom is 0.341 e. The van der Waals surface area contributed by atoms with E-state index >= 15 is 8.78 Å². The third-order valence-electron chi connectivity index (χ3n) is 6.36. The Labute approximate surface area is 166 Å². The predicted molar refractivity (Wildman–Crippen MR) is 107 cm³/mol. The van der Waals surface area contributed by atoms with Crippen molar-refractivity contribution in [2.75, 3.05) is 18.0 Å². The minimum Gasteiger partial charge on any atom is -0.477 e. The highest BCUT2D eigenvalue weighted by Gasteiger charge is 2.37. The van der Waals surface area contributed by atoms with E-state index in [-0.39, 0.29) is 39.7 Å². The largest absolute Gasteiger partial charge is 0.477 e. The molecule has 6 nitrogen and oxygen atoms in total. The van der Waals surface area contributed by atoms with Gasteiger partial charge in [0.15, 0.2) is 11.6 Å². The quantitative estimate of drug-likeness (QED) is 0.819. The number of fused-ring (bicyclic) bond motifs is 1. The molecule has 1 aliphatic heterocycles. The van der Waals surface area contributed by atoms with E-state index in [0.717, 1.165) is 12.8 Å². The van der Waals surface area contributed by atoms with Gasteiger partial charge in [0.1, 0.15) is 11.3 Å². The number of carbonyl (C=O) groups is 1. The molecule has 4 rings (SSSR count). The minimum absolute atomic E-state index is 0.0101. The standard InChI is InChI=1S/C21H25F2N3O3/c1-10-14-17(26(11-4-5-11)8-12(19(14)27)20(28)29)16(23)18(15(10)22)25-7-6-13(24)21(2,3)9-25/h8,11,13H,4-7,9,24H2,1-3H3,(H,28,29). The van der Waals surface area contributed by atoms with E-state index in [9.17, 15) is 14.7 Å². The number of carboxylic acids is 1. The molecule has 1 atom stereocenters. The number of rotatable bonds is 3. The van der Waals surface area contributed by atoms with Gasteiger partial charge in [-0.15, -0.1) is 0 Å². The second-order valence-corrected chi connectivity index (χ2v) is 8.95. The van der Waals surface area contributed by atoms with Crippen molar-refractivity contribution in [3.8, 4) is 0 Å². The average molecular weight is 405 g/mol. The van der Waals surface area contributed by atoms with Crippen LogP contribution < -0.4 is 16.1 Å². The monoisotopic (exact) mass is 405 g/mol. The SMILES string of the molecule is Cc1c(F)c(N2CCC(N)C(C)(C)C2)c(F)c2c1c(=O)c(C(=O)O)cn2C1CC1. The van der Waals surface area contributed by atoms with Gasteiger partial charge in [0.2, 0.25) is 5.43 Å². The number of pyridine rings is 1. The molecule has 1 saturated carbocycles. The number of benzene rings is 1. The molecular formula is C21H25F2N3O3. The number of anilines is 1. The Kier molecular flexibility index (Phi) is 4.45. The molecule has 2 aromatic rings. The molecule has 1 aromatic carbocycles. The molecule has 1 unspecified atom stereocenters. The van der Waals surface area contributed by atoms with Crippen LogP contribution in [0.4, 0.5) is 14.5 Å². The third-order valence-corrected chi connectivity index (χ3v) is 6.36. The van der Waals surface area contributed by atoms with Gasteiger partial charge in [-0.05, 0) is 31.6 Å². The fraction of sp³-hybridized carbons (Fsp3) is 0.524. The van der Waals surface area contributed by atoms with Crippen molar-refractivity contribution < 1.29 is 18.7 Å². The zero-order valence-electron chi connectivity index (χ0n) is 16.8. The first kappa shape index (κ1) is 19.8. The van der Waals surface area contributed by atoms with Crippen LogP contribution >= 0.6 is 0 Å². The lowest BCUT2D eigenvalue weighted by molar-refractivity contribution is 0.0694. The van der Waals surface area contributed by atoms with E-state index in [0.29, 0.717) is 19.5 Å². The molecule has 29 heavy (non-hydrogen) atoms. The number of halogens is 2. The molecule has 1 aliphatic carbocycles. The zero-order chi connectivity index (χ0) is 21.2. The number of piperidine rings is 1. The Morgan fingerprint density at radius 3 is 2.45 bits per heavy atom. The van der Waals surface area contributed by atoms with E-state index in [1.54, 1.807) is 4.90 Å². The van der Waals surface area contributed by atoms with Crippen molar-refractivity contribution in [1.29, 1.82) is 0 Å². The van der Waals surface area contributed by atoms with Gasteiger partial charge in [0, 0.05) is 36.9 Å². The summed E-state index contributed by atoms with van der Waals surface area (Å²) in [6.07, 6.45) is 3.31. The number of aromatic nitrogens is 1. The van der Waals surface area contributed by atoms with Crippen LogP contribution in [0.1, 0.15) is 55.1 Å². The fourth-order valence-electron chi connectivity index (χ4n) is 4.34. The highest BCUT2D eigenvalue weighted by atomic mass is 19.1. The third kappa shape index (κ3) is 3.01. The van der Waals surface area contributed by atoms with Gasteiger partial charge in [-0.25, -0.2) is 13.6 Å². The van der Waals surface area contributed by atoms with Crippen LogP contribution in [-0.4, -0.2) is 34.8 Å². The smallest absolute Gasteiger partial charge is 0.341 e. The molecule has 2 fully saturated rings. The topological polar surface area (TPSA) is 88.6 Å². The van der Waals surface area contributed by atoms with Crippen LogP contribution in [0, 0.1) is 24.0 Å². The fourth-order valence-corrected chi connectivity index (χ4v) is 4.34. The molecule has 0 bridgehead atoms. The molecule has 1 aromatic heterocycles. The number of hydrogen-bond donors (Lipinski definition) is 2. The van der Waals surface area contributed by atoms with Crippen LogP contribution in [-0.2, 0) is 0 Å². The van der Waals surface area contributed by atoms with E-state index < -0.39 is 28.6 Å². The van der Waals surface area contributed by atoms with Crippen LogP contribution in [0.2, 0.25) is 0 Å². The molecule has 0 radical (unpaired) electrons. The molecule has 2 aliphatic rings. The maximum absolute atomic E-state index is 15.8. The van der Waals surface area contributed by atoms with Crippen molar-refractivity contribution in [3.05, 3.63) is 39.2 Å². The molecule has 0 amide bonds. The summed E-state index contributed by atoms with van der Waals surface area (Å²) >= 11 is 0. The normalized spacial score (nSPS) is 21.6. The minimum atomic E-state index is -1.40. The first-order chi connectivity index (χ1) is 13.5. The summed E-state index contributed by atoms with van der Waals surface area (Å²) in [5.41, 5.74) is 4.33. The number of aryl methyl sites for hydroxylation is 1. The predicted octanol–water partition coefficient (Wildman–Crippen LogP) is 3.18. The lowest BCUT2D eigenvalue weighted by Crippen LogP contribution is -2.53. The van der Waals surface area contributed by atoms with Gasteiger partial charge in [-0.1, -0.05) is 13.8 Å². The first-order valence-corrected chi connectivity index (χ1v) is 9.84. The van der Waals surface area contributed by atoms with Crippen molar-refractivity contribution >= 4 is 22.6 Å². The number of hydrogen-bond acceptors (Lipinski definition) is 4. The zero-order valence-corrected chi connectivity index (χ0v) is 16.8. The van der Waals surface area contributed by atoms with E-state index in [1.807, 2.05) is 13.8 Å². The lowest BCUT2D eigenvalue weighted by Gasteiger charge is -2.44. The van der Waals surface area contributed by atoms with Gasteiger partial charge in [-0.2, -0.15) is 0 Å². The number of nitrogens with two attached hydrogens (primary N) is 1. The summed E-state index contributed by atoms with van der Waals surface area (Å²) in [5, 5.41) is 9.21. The highest BCUT2D eigenvalue weighted by Crippen LogP contribution is 2.42. The number of aromatic carboxylic acids is 1. The van der Waals surface area contributed by atoms with Crippen LogP contribution in [0.5, 0.6) is 0 Å². The summed E-state index contributed by atoms with van der Waals surface area (Å²) in [6.45, 7) is 6.13. The number of nitrogens with zero attached hydrogens (tertiary/aromatic N) is 2. The van der Waals surface area contributed by atoms with E-state index in [1.165, 1.54) is 17.7 Å². The molecule has 1 saturated heterocycles. The van der Waals surface area contributed by atoms with Crippen LogP contribution in [0.3, 0.4) is 0 Å². The highest BCUT2D eigenvalue weighted by molar-refractivity contribution is 5.95. The van der Waals surface area contributed by atoms with Gasteiger partial charge in [-0.3, -0.25) is 4.79 Å². The average Bonchev–Trinajstić information content (AvgIpc) is 3.47. The van der Waals surface area contributed by atoms with E-state index in [2.05, 4.69) is 0 Å². The number of carboxylic acid groups (broad SMARTS) is 1. The van der Waals surface area contributed by atoms with Gasteiger partial charge >= 0.3 is 5.97 Å². The Balaban J connectivity index is 2.02. The maximum atomic E-state index is 15.8. The molecular weight excluding hydrogens is 380 g/mol. The van der Waals surface area contributed by atoms with Crippen molar-refractivity contribution in [1.82, 2.24) is 4.57 Å². The molecule has 3 N–H and O–H groups in total. The van der Waals surface area contributed by atoms with Crippen LogP contribution in [0.15, 0.2) is 11.0 Å². The van der Waals surface area contributed by atoms with E-state index in [4.69, 9.17) is 5.73 Å². The van der Waals surface area contributed by atoms with Crippen molar-refractivity contribution in [3.63, 3.8) is 0 Å². The van der Waals surface area contributed by atoms with Gasteiger partial charge in [0.05, 0.1) is 10.9 Å². The summed E-state index contributed by atoms with van der Waals surface area (Å²) in [4.78, 5) is 26.0. The second kappa shape index (κ2) is 6.52. The van der Waals surface area contributed by atoms with Gasteiger partial charge in [0.25, 0.3) is 0 Å². The Morgan fingerprint density at radius 2 is 1.90 bits per heavy atom. The summed E-state index contributed by atoms with van der Waals surface area (Å²) in [5.74, 6) is -3.03. The lowest BCUT2D eigenvalue weighted by atomic mass is 9.79. The Hall–Kier alpha value is -2.48. The molecule has 2 heterocycles. The molecule has 8 heteroatoms. The summed E-state index contributed by atoms with van der Waals surface area (Å²) in [6, 6.07) is -0.163. The Morgan fingerprint density at radius 1 is 1.24 bits per heavy atom. The molecule has 156 valence electrons. The van der Waals surface area contributed by atoms with Crippen molar-refractivity contribution in [2.45, 2.75) is 52.1 Å². The van der Waals surface area contributed by atoms with Crippen LogP contribution in [0.25, 0.3) is 10.9 Å². The first-order valence-electron chi connectivity index (χ1n) is 9.84.